The van der Waals surface area contributed by atoms with Crippen LogP contribution in [0.5, 0.6) is 0 Å². The molecule has 1 fully saturated rings. The lowest BCUT2D eigenvalue weighted by Crippen LogP contribution is -2.30. The molecule has 1 saturated heterocycles. The Morgan fingerprint density at radius 2 is 1.91 bits per heavy atom. The van der Waals surface area contributed by atoms with Crippen LogP contribution in [0, 0.1) is 5.41 Å². The molecule has 0 amide bonds. The van der Waals surface area contributed by atoms with Gasteiger partial charge in [-0.05, 0) is 41.0 Å². The van der Waals surface area contributed by atoms with Crippen LogP contribution < -0.4 is 0 Å². The Balaban J connectivity index is 1.63. The van der Waals surface area contributed by atoms with E-state index in [4.69, 9.17) is 23.2 Å². The molecule has 2 aromatic carbocycles. The zero-order valence-corrected chi connectivity index (χ0v) is 14.9. The van der Waals surface area contributed by atoms with Gasteiger partial charge >= 0.3 is 0 Å². The van der Waals surface area contributed by atoms with Crippen molar-refractivity contribution < 1.29 is 0 Å². The summed E-state index contributed by atoms with van der Waals surface area (Å²) in [4.78, 5) is 2.59. The fourth-order valence-corrected chi connectivity index (χ4v) is 4.90. The lowest BCUT2D eigenvalue weighted by molar-refractivity contribution is 0.240. The van der Waals surface area contributed by atoms with Gasteiger partial charge in [-0.25, -0.2) is 0 Å². The number of fused-ring (bicyclic) bond motifs is 3. The van der Waals surface area contributed by atoms with Gasteiger partial charge < -0.3 is 0 Å². The predicted octanol–water partition coefficient (Wildman–Crippen LogP) is 5.55. The van der Waals surface area contributed by atoms with Crippen LogP contribution in [-0.2, 0) is 13.0 Å². The molecule has 1 aliphatic carbocycles. The fraction of sp³-hybridized carbons (Fsp3) is 0.400. The maximum absolute atomic E-state index is 6.47. The maximum atomic E-state index is 6.47. The molecule has 2 aromatic rings. The van der Waals surface area contributed by atoms with E-state index in [1.54, 1.807) is 0 Å². The van der Waals surface area contributed by atoms with Crippen LogP contribution in [0.4, 0.5) is 0 Å². The number of rotatable bonds is 2. The SMILES string of the molecule is C[C@@]12CCc3c(ccc(Cl)c3Cl)[C@@H]1CN(Cc1ccccc1)C2. The smallest absolute Gasteiger partial charge is 0.0627 e. The van der Waals surface area contributed by atoms with E-state index in [9.17, 15) is 0 Å². The molecular formula is C20H21Cl2N. The summed E-state index contributed by atoms with van der Waals surface area (Å²) in [5.41, 5.74) is 4.44. The molecule has 0 radical (unpaired) electrons. The minimum absolute atomic E-state index is 0.346. The van der Waals surface area contributed by atoms with Crippen molar-refractivity contribution in [3.63, 3.8) is 0 Å². The first-order chi connectivity index (χ1) is 11.1. The first-order valence-corrected chi connectivity index (χ1v) is 9.05. The Hall–Kier alpha value is -1.02. The Labute approximate surface area is 148 Å². The summed E-state index contributed by atoms with van der Waals surface area (Å²) < 4.78 is 0. The van der Waals surface area contributed by atoms with E-state index < -0.39 is 0 Å². The van der Waals surface area contributed by atoms with Crippen LogP contribution in [0.2, 0.25) is 10.0 Å². The van der Waals surface area contributed by atoms with Crippen molar-refractivity contribution in [2.24, 2.45) is 5.41 Å². The van der Waals surface area contributed by atoms with Crippen LogP contribution in [0.15, 0.2) is 42.5 Å². The van der Waals surface area contributed by atoms with Crippen LogP contribution >= 0.6 is 23.2 Å². The summed E-state index contributed by atoms with van der Waals surface area (Å²) >= 11 is 12.7. The second-order valence-corrected chi connectivity index (χ2v) is 8.08. The van der Waals surface area contributed by atoms with Crippen LogP contribution in [0.3, 0.4) is 0 Å². The third kappa shape index (κ3) is 2.69. The van der Waals surface area contributed by atoms with Crippen molar-refractivity contribution in [1.29, 1.82) is 0 Å². The standard InChI is InChI=1S/C20H21Cl2N/c1-20-10-9-16-15(7-8-18(21)19(16)22)17(20)12-23(13-20)11-14-5-3-2-4-6-14/h2-8,17H,9-13H2,1H3/t17-,20-/m0/s1. The first-order valence-electron chi connectivity index (χ1n) is 8.30. The third-order valence-corrected chi connectivity index (χ3v) is 6.51. The van der Waals surface area contributed by atoms with E-state index in [-0.39, 0.29) is 0 Å². The van der Waals surface area contributed by atoms with E-state index in [1.807, 2.05) is 6.07 Å². The molecule has 0 spiro atoms. The highest BCUT2D eigenvalue weighted by molar-refractivity contribution is 6.42. The first kappa shape index (κ1) is 15.5. The average molecular weight is 346 g/mol. The minimum atomic E-state index is 0.346. The Bertz CT molecular complexity index is 728. The topological polar surface area (TPSA) is 3.24 Å². The molecule has 0 unspecified atom stereocenters. The minimum Gasteiger partial charge on any atom is -0.298 e. The second-order valence-electron chi connectivity index (χ2n) is 7.29. The van der Waals surface area contributed by atoms with E-state index in [0.29, 0.717) is 16.4 Å². The number of halogens is 2. The Morgan fingerprint density at radius 3 is 2.70 bits per heavy atom. The molecule has 120 valence electrons. The molecule has 2 atom stereocenters. The highest BCUT2D eigenvalue weighted by atomic mass is 35.5. The molecule has 1 nitrogen and oxygen atoms in total. The van der Waals surface area contributed by atoms with Gasteiger partial charge in [0.2, 0.25) is 0 Å². The Morgan fingerprint density at radius 1 is 1.13 bits per heavy atom. The molecule has 0 saturated carbocycles. The summed E-state index contributed by atoms with van der Waals surface area (Å²) in [5, 5.41) is 1.46. The zero-order chi connectivity index (χ0) is 16.0. The summed E-state index contributed by atoms with van der Waals surface area (Å²) in [6.45, 7) is 5.74. The third-order valence-electron chi connectivity index (χ3n) is 5.67. The summed E-state index contributed by atoms with van der Waals surface area (Å²) in [5.74, 6) is 0.560. The number of hydrogen-bond donors (Lipinski definition) is 0. The van der Waals surface area contributed by atoms with Gasteiger partial charge in [-0.15, -0.1) is 0 Å². The molecule has 4 rings (SSSR count). The molecule has 2 aliphatic rings. The van der Waals surface area contributed by atoms with Gasteiger partial charge in [-0.3, -0.25) is 4.90 Å². The predicted molar refractivity (Wildman–Crippen MR) is 97.4 cm³/mol. The normalized spacial score (nSPS) is 26.8. The van der Waals surface area contributed by atoms with Crippen LogP contribution in [0.1, 0.15) is 36.0 Å². The van der Waals surface area contributed by atoms with Crippen LogP contribution in [-0.4, -0.2) is 18.0 Å². The van der Waals surface area contributed by atoms with E-state index in [0.717, 1.165) is 31.1 Å². The van der Waals surface area contributed by atoms with Crippen molar-refractivity contribution in [2.75, 3.05) is 13.1 Å². The van der Waals surface area contributed by atoms with E-state index in [2.05, 4.69) is 48.2 Å². The summed E-state index contributed by atoms with van der Waals surface area (Å²) in [6, 6.07) is 14.9. The summed E-state index contributed by atoms with van der Waals surface area (Å²) in [6.07, 6.45) is 2.23. The number of nitrogens with zero attached hydrogens (tertiary/aromatic N) is 1. The number of hydrogen-bond acceptors (Lipinski definition) is 1. The maximum Gasteiger partial charge on any atom is 0.0627 e. The highest BCUT2D eigenvalue weighted by Crippen LogP contribution is 2.52. The van der Waals surface area contributed by atoms with Gasteiger partial charge in [0.05, 0.1) is 10.0 Å². The van der Waals surface area contributed by atoms with E-state index >= 15 is 0 Å². The molecule has 0 aromatic heterocycles. The van der Waals surface area contributed by atoms with Crippen molar-refractivity contribution >= 4 is 23.2 Å². The molecule has 1 heterocycles. The molecule has 0 bridgehead atoms. The van der Waals surface area contributed by atoms with Crippen molar-refractivity contribution in [2.45, 2.75) is 32.2 Å². The largest absolute Gasteiger partial charge is 0.298 e. The monoisotopic (exact) mass is 345 g/mol. The quantitative estimate of drug-likeness (QED) is 0.690. The Kier molecular flexibility index (Phi) is 3.91. The molecular weight excluding hydrogens is 325 g/mol. The van der Waals surface area contributed by atoms with Gasteiger partial charge in [0.15, 0.2) is 0 Å². The van der Waals surface area contributed by atoms with E-state index in [1.165, 1.54) is 23.1 Å². The van der Waals surface area contributed by atoms with Gasteiger partial charge in [0, 0.05) is 25.6 Å². The van der Waals surface area contributed by atoms with Gasteiger partial charge in [0.1, 0.15) is 0 Å². The van der Waals surface area contributed by atoms with Gasteiger partial charge in [0.25, 0.3) is 0 Å². The lowest BCUT2D eigenvalue weighted by Gasteiger charge is -2.37. The fourth-order valence-electron chi connectivity index (χ4n) is 4.45. The average Bonchev–Trinajstić information content (AvgIpc) is 2.88. The summed E-state index contributed by atoms with van der Waals surface area (Å²) in [7, 11) is 0. The van der Waals surface area contributed by atoms with Crippen LogP contribution in [0.25, 0.3) is 0 Å². The number of benzene rings is 2. The molecule has 1 aliphatic heterocycles. The van der Waals surface area contributed by atoms with Gasteiger partial charge in [-0.1, -0.05) is 66.5 Å². The molecule has 23 heavy (non-hydrogen) atoms. The van der Waals surface area contributed by atoms with Crippen molar-refractivity contribution in [1.82, 2.24) is 4.90 Å². The number of likely N-dealkylation sites (tertiary alicyclic amines) is 1. The zero-order valence-electron chi connectivity index (χ0n) is 13.4. The second kappa shape index (κ2) is 5.81. The highest BCUT2D eigenvalue weighted by Gasteiger charge is 2.46. The van der Waals surface area contributed by atoms with Crippen molar-refractivity contribution in [3.8, 4) is 0 Å². The van der Waals surface area contributed by atoms with Gasteiger partial charge in [-0.2, -0.15) is 0 Å². The van der Waals surface area contributed by atoms with Crippen molar-refractivity contribution in [3.05, 3.63) is 69.2 Å². The molecule has 0 N–H and O–H groups in total. The lowest BCUT2D eigenvalue weighted by atomic mass is 9.67. The molecule has 3 heteroatoms.